The highest BCUT2D eigenvalue weighted by Gasteiger charge is 2.29. The molecule has 122 valence electrons. The third-order valence-corrected chi connectivity index (χ3v) is 4.79. The van der Waals surface area contributed by atoms with Crippen molar-refractivity contribution in [3.8, 4) is 0 Å². The highest BCUT2D eigenvalue weighted by Crippen LogP contribution is 2.29. The molecule has 1 aliphatic rings. The molecule has 0 aliphatic carbocycles. The number of carbonyl (C=O) groups is 2. The van der Waals surface area contributed by atoms with Crippen LogP contribution in [0.25, 0.3) is 10.2 Å². The van der Waals surface area contributed by atoms with E-state index < -0.39 is 0 Å². The summed E-state index contributed by atoms with van der Waals surface area (Å²) in [5, 5.41) is 9.81. The first-order valence-electron chi connectivity index (χ1n) is 7.40. The standard InChI is InChI=1S/C15H14N6O2S/c1-16-15(23)18-11-8-12-20(6-7-21(12)19-11)14(22)13-17-9-4-2-3-5-10(9)24-13/h2-5,8H,6-7H2,1H3,(H2,16,18,19,23). The first-order valence-corrected chi connectivity index (χ1v) is 8.21. The van der Waals surface area contributed by atoms with E-state index >= 15 is 0 Å². The van der Waals surface area contributed by atoms with E-state index in [1.165, 1.54) is 18.4 Å². The van der Waals surface area contributed by atoms with Crippen molar-refractivity contribution in [2.45, 2.75) is 6.54 Å². The Kier molecular flexibility index (Phi) is 3.42. The number of thiazole rings is 1. The molecule has 9 heteroatoms. The predicted octanol–water partition coefficient (Wildman–Crippen LogP) is 1.90. The molecule has 3 aromatic rings. The first kappa shape index (κ1) is 14.6. The van der Waals surface area contributed by atoms with Crippen LogP contribution in [-0.2, 0) is 6.54 Å². The van der Waals surface area contributed by atoms with Crippen LogP contribution in [-0.4, -0.2) is 40.3 Å². The molecule has 1 aromatic carbocycles. The van der Waals surface area contributed by atoms with Gasteiger partial charge < -0.3 is 5.32 Å². The van der Waals surface area contributed by atoms with Crippen LogP contribution in [0.1, 0.15) is 9.80 Å². The topological polar surface area (TPSA) is 92.2 Å². The predicted molar refractivity (Wildman–Crippen MR) is 91.6 cm³/mol. The molecule has 2 N–H and O–H groups in total. The number of fused-ring (bicyclic) bond motifs is 2. The molecule has 3 heterocycles. The van der Waals surface area contributed by atoms with Crippen molar-refractivity contribution in [3.63, 3.8) is 0 Å². The van der Waals surface area contributed by atoms with Gasteiger partial charge in [-0.25, -0.2) is 14.5 Å². The number of nitrogens with one attached hydrogen (secondary N) is 2. The fourth-order valence-corrected chi connectivity index (χ4v) is 3.54. The van der Waals surface area contributed by atoms with E-state index in [0.29, 0.717) is 29.7 Å². The Hall–Kier alpha value is -2.94. The smallest absolute Gasteiger partial charge is 0.320 e. The summed E-state index contributed by atoms with van der Waals surface area (Å²) in [6, 6.07) is 9.00. The molecule has 0 fully saturated rings. The summed E-state index contributed by atoms with van der Waals surface area (Å²) in [6.07, 6.45) is 0. The van der Waals surface area contributed by atoms with E-state index in [1.54, 1.807) is 15.6 Å². The number of nitrogens with zero attached hydrogens (tertiary/aromatic N) is 4. The second kappa shape index (κ2) is 5.60. The first-order chi connectivity index (χ1) is 11.7. The molecule has 0 saturated heterocycles. The lowest BCUT2D eigenvalue weighted by Gasteiger charge is -2.12. The van der Waals surface area contributed by atoms with Crippen molar-refractivity contribution < 1.29 is 9.59 Å². The fourth-order valence-electron chi connectivity index (χ4n) is 2.62. The van der Waals surface area contributed by atoms with Crippen molar-refractivity contribution in [1.29, 1.82) is 0 Å². The molecule has 0 unspecified atom stereocenters. The zero-order valence-corrected chi connectivity index (χ0v) is 13.6. The highest BCUT2D eigenvalue weighted by atomic mass is 32.1. The summed E-state index contributed by atoms with van der Waals surface area (Å²) >= 11 is 1.38. The molecule has 1 aliphatic heterocycles. The number of rotatable bonds is 2. The minimum absolute atomic E-state index is 0.152. The Bertz CT molecular complexity index is 913. The van der Waals surface area contributed by atoms with Gasteiger partial charge >= 0.3 is 6.03 Å². The maximum absolute atomic E-state index is 12.8. The Labute approximate surface area is 141 Å². The average Bonchev–Trinajstić information content (AvgIpc) is 3.26. The molecular weight excluding hydrogens is 328 g/mol. The molecule has 24 heavy (non-hydrogen) atoms. The van der Waals surface area contributed by atoms with E-state index in [-0.39, 0.29) is 11.9 Å². The average molecular weight is 342 g/mol. The zero-order valence-electron chi connectivity index (χ0n) is 12.8. The van der Waals surface area contributed by atoms with Gasteiger partial charge in [0.1, 0.15) is 5.82 Å². The van der Waals surface area contributed by atoms with Crippen LogP contribution in [0.4, 0.5) is 16.4 Å². The number of amides is 3. The molecule has 2 aromatic heterocycles. The van der Waals surface area contributed by atoms with Crippen LogP contribution in [0.2, 0.25) is 0 Å². The molecule has 0 saturated carbocycles. The highest BCUT2D eigenvalue weighted by molar-refractivity contribution is 7.20. The molecule has 0 bridgehead atoms. The molecular formula is C15H14N6O2S. The lowest BCUT2D eigenvalue weighted by molar-refractivity contribution is 0.0989. The number of aromatic nitrogens is 3. The van der Waals surface area contributed by atoms with Gasteiger partial charge in [-0.2, -0.15) is 5.10 Å². The third-order valence-electron chi connectivity index (χ3n) is 3.76. The van der Waals surface area contributed by atoms with Crippen LogP contribution in [0, 0.1) is 0 Å². The second-order valence-corrected chi connectivity index (χ2v) is 6.29. The zero-order chi connectivity index (χ0) is 16.7. The van der Waals surface area contributed by atoms with Crippen molar-refractivity contribution in [1.82, 2.24) is 20.1 Å². The van der Waals surface area contributed by atoms with Crippen molar-refractivity contribution >= 4 is 45.1 Å². The van der Waals surface area contributed by atoms with E-state index in [2.05, 4.69) is 20.7 Å². The van der Waals surface area contributed by atoms with Gasteiger partial charge in [-0.1, -0.05) is 12.1 Å². The van der Waals surface area contributed by atoms with Crippen LogP contribution >= 0.6 is 11.3 Å². The fraction of sp³-hybridized carbons (Fsp3) is 0.200. The van der Waals surface area contributed by atoms with Crippen molar-refractivity contribution in [2.24, 2.45) is 0 Å². The van der Waals surface area contributed by atoms with Gasteiger partial charge in [0, 0.05) is 19.7 Å². The van der Waals surface area contributed by atoms with Gasteiger partial charge in [0.25, 0.3) is 5.91 Å². The molecule has 0 atom stereocenters. The van der Waals surface area contributed by atoms with Gasteiger partial charge in [-0.05, 0) is 12.1 Å². The van der Waals surface area contributed by atoms with Crippen LogP contribution in [0.5, 0.6) is 0 Å². The van der Waals surface area contributed by atoms with Gasteiger partial charge in [0.05, 0.1) is 16.8 Å². The molecule has 0 radical (unpaired) electrons. The number of hydrogen-bond acceptors (Lipinski definition) is 5. The minimum atomic E-state index is -0.351. The lowest BCUT2D eigenvalue weighted by atomic mass is 10.3. The van der Waals surface area contributed by atoms with Gasteiger partial charge in [-0.15, -0.1) is 11.3 Å². The summed E-state index contributed by atoms with van der Waals surface area (Å²) in [5.41, 5.74) is 0.820. The Balaban J connectivity index is 1.62. The largest absolute Gasteiger partial charge is 0.341 e. The molecule has 4 rings (SSSR count). The second-order valence-electron chi connectivity index (χ2n) is 5.26. The van der Waals surface area contributed by atoms with Gasteiger partial charge in [0.15, 0.2) is 10.8 Å². The molecule has 0 spiro atoms. The van der Waals surface area contributed by atoms with E-state index in [4.69, 9.17) is 0 Å². The third kappa shape index (κ3) is 2.38. The monoisotopic (exact) mass is 342 g/mol. The summed E-state index contributed by atoms with van der Waals surface area (Å²) in [5.74, 6) is 0.915. The number of para-hydroxylation sites is 1. The SMILES string of the molecule is CNC(=O)Nc1cc2n(n1)CCN2C(=O)c1nc2ccccc2s1. The number of benzene rings is 1. The normalized spacial score (nSPS) is 13.1. The Morgan fingerprint density at radius 2 is 2.08 bits per heavy atom. The summed E-state index contributed by atoms with van der Waals surface area (Å²) in [6.45, 7) is 1.12. The quantitative estimate of drug-likeness (QED) is 0.744. The summed E-state index contributed by atoms with van der Waals surface area (Å²) in [7, 11) is 1.53. The number of carbonyl (C=O) groups excluding carboxylic acids is 2. The number of anilines is 2. The van der Waals surface area contributed by atoms with E-state index in [9.17, 15) is 9.59 Å². The maximum Gasteiger partial charge on any atom is 0.320 e. The van der Waals surface area contributed by atoms with Crippen LogP contribution in [0.15, 0.2) is 30.3 Å². The summed E-state index contributed by atoms with van der Waals surface area (Å²) < 4.78 is 2.69. The van der Waals surface area contributed by atoms with Gasteiger partial charge in [0.2, 0.25) is 0 Å². The lowest BCUT2D eigenvalue weighted by Crippen LogP contribution is -2.29. The minimum Gasteiger partial charge on any atom is -0.341 e. The van der Waals surface area contributed by atoms with Crippen molar-refractivity contribution in [2.75, 3.05) is 23.8 Å². The number of urea groups is 1. The van der Waals surface area contributed by atoms with E-state index in [0.717, 1.165) is 10.2 Å². The number of hydrogen-bond donors (Lipinski definition) is 2. The van der Waals surface area contributed by atoms with Crippen LogP contribution in [0.3, 0.4) is 0 Å². The van der Waals surface area contributed by atoms with Gasteiger partial charge in [-0.3, -0.25) is 15.0 Å². The van der Waals surface area contributed by atoms with E-state index in [1.807, 2.05) is 24.3 Å². The maximum atomic E-state index is 12.8. The Morgan fingerprint density at radius 3 is 2.88 bits per heavy atom. The Morgan fingerprint density at radius 1 is 1.25 bits per heavy atom. The molecule has 3 amide bonds. The molecule has 8 nitrogen and oxygen atoms in total. The van der Waals surface area contributed by atoms with Crippen LogP contribution < -0.4 is 15.5 Å². The summed E-state index contributed by atoms with van der Waals surface area (Å²) in [4.78, 5) is 30.2. The van der Waals surface area contributed by atoms with Crippen molar-refractivity contribution in [3.05, 3.63) is 35.3 Å².